The van der Waals surface area contributed by atoms with Crippen molar-refractivity contribution in [3.05, 3.63) is 84.2 Å². The molecule has 8 nitrogen and oxygen atoms in total. The first-order valence-electron chi connectivity index (χ1n) is 11.3. The molecule has 1 amide bonds. The van der Waals surface area contributed by atoms with Gasteiger partial charge in [0.2, 0.25) is 0 Å². The van der Waals surface area contributed by atoms with Gasteiger partial charge in [-0.15, -0.1) is 0 Å². The third kappa shape index (κ3) is 5.60. The second-order valence-electron chi connectivity index (χ2n) is 8.63. The van der Waals surface area contributed by atoms with Crippen molar-refractivity contribution in [2.24, 2.45) is 0 Å². The van der Waals surface area contributed by atoms with E-state index in [1.54, 1.807) is 12.3 Å². The van der Waals surface area contributed by atoms with E-state index < -0.39 is 32.2 Å². The number of carbonyl (C=O) groups excluding carboxylic acids is 1. The average Bonchev–Trinajstić information content (AvgIpc) is 2.89. The Hall–Kier alpha value is -3.48. The normalized spacial score (nSPS) is 16.2. The molecule has 1 aliphatic heterocycles. The Morgan fingerprint density at radius 1 is 1.00 bits per heavy atom. The molecule has 37 heavy (non-hydrogen) atoms. The molecule has 0 bridgehead atoms. The van der Waals surface area contributed by atoms with Crippen LogP contribution in [0.1, 0.15) is 24.1 Å². The fraction of sp³-hybridized carbons (Fsp3) is 0.280. The maximum atomic E-state index is 13.6. The minimum absolute atomic E-state index is 0.0433. The number of carbonyl (C=O) groups is 1. The highest BCUT2D eigenvalue weighted by molar-refractivity contribution is 7.93. The van der Waals surface area contributed by atoms with Crippen LogP contribution in [0, 0.1) is 0 Å². The minimum atomic E-state index is -4.47. The molecule has 1 aliphatic rings. The molecular formula is C25H24F3N3O5S. The van der Waals surface area contributed by atoms with E-state index in [2.05, 4.69) is 4.98 Å². The molecule has 12 heteroatoms. The standard InChI is InChI=1S/C25H24F3N3O5S/c26-25(27,28)18-4-6-20(7-5-18)36-21-8-10-22(11-9-21)37(34,35)24(23(32)30-33)12-15-31(16-13-24)17-19-3-1-2-14-29-19/h1-11,14,33H,12-13,15-17H2,(H,30,32). The van der Waals surface area contributed by atoms with Gasteiger partial charge < -0.3 is 4.74 Å². The second kappa shape index (κ2) is 10.5. The van der Waals surface area contributed by atoms with E-state index in [9.17, 15) is 31.6 Å². The summed E-state index contributed by atoms with van der Waals surface area (Å²) < 4.78 is 69.1. The number of likely N-dealkylation sites (tertiary alicyclic amines) is 1. The van der Waals surface area contributed by atoms with Gasteiger partial charge in [-0.05, 0) is 73.5 Å². The molecule has 2 aromatic carbocycles. The third-order valence-corrected chi connectivity index (χ3v) is 8.87. The lowest BCUT2D eigenvalue weighted by atomic mass is 9.94. The van der Waals surface area contributed by atoms with E-state index in [-0.39, 0.29) is 29.2 Å². The van der Waals surface area contributed by atoms with E-state index in [0.717, 1.165) is 30.0 Å². The SMILES string of the molecule is O=C(NO)C1(S(=O)(=O)c2ccc(Oc3ccc(C(F)(F)F)cc3)cc2)CCN(Cc2ccccn2)CC1. The van der Waals surface area contributed by atoms with Crippen molar-refractivity contribution in [1.82, 2.24) is 15.4 Å². The van der Waals surface area contributed by atoms with E-state index in [1.165, 1.54) is 29.7 Å². The highest BCUT2D eigenvalue weighted by Gasteiger charge is 2.53. The maximum Gasteiger partial charge on any atom is 0.416 e. The first-order valence-corrected chi connectivity index (χ1v) is 12.8. The zero-order chi connectivity index (χ0) is 26.7. The highest BCUT2D eigenvalue weighted by Crippen LogP contribution is 2.37. The van der Waals surface area contributed by atoms with Gasteiger partial charge in [0.05, 0.1) is 16.2 Å². The summed E-state index contributed by atoms with van der Waals surface area (Å²) >= 11 is 0. The molecule has 0 radical (unpaired) electrons. The molecule has 1 saturated heterocycles. The number of amides is 1. The van der Waals surface area contributed by atoms with Gasteiger partial charge in [0.25, 0.3) is 5.91 Å². The van der Waals surface area contributed by atoms with Crippen molar-refractivity contribution in [3.63, 3.8) is 0 Å². The molecular weight excluding hydrogens is 511 g/mol. The van der Waals surface area contributed by atoms with E-state index in [4.69, 9.17) is 4.74 Å². The van der Waals surface area contributed by atoms with Crippen molar-refractivity contribution in [1.29, 1.82) is 0 Å². The Morgan fingerprint density at radius 2 is 1.59 bits per heavy atom. The predicted octanol–water partition coefficient (Wildman–Crippen LogP) is 4.21. The van der Waals surface area contributed by atoms with E-state index in [0.29, 0.717) is 19.6 Å². The van der Waals surface area contributed by atoms with Crippen LogP contribution in [-0.2, 0) is 27.4 Å². The van der Waals surface area contributed by atoms with Crippen LogP contribution in [0.2, 0.25) is 0 Å². The molecule has 0 aliphatic carbocycles. The Kier molecular flexibility index (Phi) is 7.53. The lowest BCUT2D eigenvalue weighted by Gasteiger charge is -2.39. The van der Waals surface area contributed by atoms with Crippen molar-refractivity contribution in [3.8, 4) is 11.5 Å². The van der Waals surface area contributed by atoms with Gasteiger partial charge in [-0.2, -0.15) is 13.2 Å². The molecule has 196 valence electrons. The number of sulfone groups is 1. The number of rotatable bonds is 7. The van der Waals surface area contributed by atoms with Crippen LogP contribution < -0.4 is 10.2 Å². The van der Waals surface area contributed by atoms with Crippen LogP contribution in [0.25, 0.3) is 0 Å². The lowest BCUT2D eigenvalue weighted by Crippen LogP contribution is -2.57. The van der Waals surface area contributed by atoms with Gasteiger partial charge in [0.1, 0.15) is 11.5 Å². The first-order chi connectivity index (χ1) is 17.5. The number of piperidine rings is 1. The van der Waals surface area contributed by atoms with Gasteiger partial charge in [0, 0.05) is 25.8 Å². The third-order valence-electron chi connectivity index (χ3n) is 6.36. The van der Waals surface area contributed by atoms with Gasteiger partial charge in [-0.3, -0.25) is 19.9 Å². The number of benzene rings is 2. The molecule has 0 spiro atoms. The fourth-order valence-electron chi connectivity index (χ4n) is 4.27. The number of hydrogen-bond donors (Lipinski definition) is 2. The molecule has 1 fully saturated rings. The number of aromatic nitrogens is 1. The second-order valence-corrected chi connectivity index (χ2v) is 10.9. The molecule has 3 aromatic rings. The molecule has 4 rings (SSSR count). The Labute approximate surface area is 211 Å². The molecule has 0 unspecified atom stereocenters. The minimum Gasteiger partial charge on any atom is -0.457 e. The number of pyridine rings is 1. The summed E-state index contributed by atoms with van der Waals surface area (Å²) in [4.78, 5) is 18.8. The zero-order valence-electron chi connectivity index (χ0n) is 19.5. The summed E-state index contributed by atoms with van der Waals surface area (Å²) in [6.45, 7) is 1.07. The summed E-state index contributed by atoms with van der Waals surface area (Å²) in [5.41, 5.74) is 1.51. The average molecular weight is 536 g/mol. The summed E-state index contributed by atoms with van der Waals surface area (Å²) in [7, 11) is -4.24. The lowest BCUT2D eigenvalue weighted by molar-refractivity contribution is -0.137. The quantitative estimate of drug-likeness (QED) is 0.345. The molecule has 0 saturated carbocycles. The van der Waals surface area contributed by atoms with Crippen molar-refractivity contribution >= 4 is 15.7 Å². The Morgan fingerprint density at radius 3 is 2.11 bits per heavy atom. The van der Waals surface area contributed by atoms with E-state index in [1.807, 2.05) is 17.0 Å². The van der Waals surface area contributed by atoms with Crippen molar-refractivity contribution < 1.29 is 36.3 Å². The smallest absolute Gasteiger partial charge is 0.416 e. The van der Waals surface area contributed by atoms with Gasteiger partial charge in [0.15, 0.2) is 14.6 Å². The molecule has 2 heterocycles. The summed E-state index contributed by atoms with van der Waals surface area (Å²) in [5, 5.41) is 9.36. The van der Waals surface area contributed by atoms with Crippen molar-refractivity contribution in [2.75, 3.05) is 13.1 Å². The monoisotopic (exact) mass is 535 g/mol. The highest BCUT2D eigenvalue weighted by atomic mass is 32.2. The van der Waals surface area contributed by atoms with Gasteiger partial charge in [-0.1, -0.05) is 6.07 Å². The van der Waals surface area contributed by atoms with Crippen LogP contribution in [0.4, 0.5) is 13.2 Å². The zero-order valence-corrected chi connectivity index (χ0v) is 20.3. The molecule has 1 aromatic heterocycles. The Bertz CT molecular complexity index is 1320. The largest absolute Gasteiger partial charge is 0.457 e. The molecule has 0 atom stereocenters. The van der Waals surface area contributed by atoms with Gasteiger partial charge in [-0.25, -0.2) is 13.9 Å². The fourth-order valence-corrected chi connectivity index (χ4v) is 6.23. The van der Waals surface area contributed by atoms with Crippen molar-refractivity contribution in [2.45, 2.75) is 35.2 Å². The maximum absolute atomic E-state index is 13.6. The van der Waals surface area contributed by atoms with Crippen LogP contribution in [0.5, 0.6) is 11.5 Å². The van der Waals surface area contributed by atoms with E-state index >= 15 is 0 Å². The topological polar surface area (TPSA) is 109 Å². The summed E-state index contributed by atoms with van der Waals surface area (Å²) in [6.07, 6.45) is -2.89. The summed E-state index contributed by atoms with van der Waals surface area (Å²) in [5.74, 6) is -0.667. The number of nitrogens with one attached hydrogen (secondary N) is 1. The van der Waals surface area contributed by atoms with Crippen LogP contribution >= 0.6 is 0 Å². The number of alkyl halides is 3. The number of ether oxygens (including phenoxy) is 1. The number of hydroxylamine groups is 1. The van der Waals surface area contributed by atoms with Gasteiger partial charge >= 0.3 is 6.18 Å². The number of halogens is 3. The van der Waals surface area contributed by atoms with Crippen LogP contribution in [0.15, 0.2) is 77.8 Å². The van der Waals surface area contributed by atoms with Crippen LogP contribution in [0.3, 0.4) is 0 Å². The predicted molar refractivity (Wildman–Crippen MR) is 127 cm³/mol. The first kappa shape index (κ1) is 26.6. The number of hydrogen-bond acceptors (Lipinski definition) is 7. The Balaban J connectivity index is 1.50. The summed E-state index contributed by atoms with van der Waals surface area (Å²) in [6, 6.07) is 14.8. The molecule has 2 N–H and O–H groups in total. The number of nitrogens with zero attached hydrogens (tertiary/aromatic N) is 2. The van der Waals surface area contributed by atoms with Crippen LogP contribution in [-0.4, -0.2) is 47.3 Å².